The smallest absolute Gasteiger partial charge is 0.413 e. The van der Waals surface area contributed by atoms with Crippen LogP contribution in [0.2, 0.25) is 0 Å². The van der Waals surface area contributed by atoms with Crippen molar-refractivity contribution in [2.45, 2.75) is 13.8 Å². The first kappa shape index (κ1) is 20.2. The zero-order valence-corrected chi connectivity index (χ0v) is 16.4. The van der Waals surface area contributed by atoms with Gasteiger partial charge in [0, 0.05) is 10.4 Å². The van der Waals surface area contributed by atoms with E-state index in [4.69, 9.17) is 9.47 Å². The molecule has 2 N–H and O–H groups in total. The third-order valence-corrected chi connectivity index (χ3v) is 5.01. The zero-order chi connectivity index (χ0) is 20.1. The van der Waals surface area contributed by atoms with E-state index >= 15 is 0 Å². The minimum absolute atomic E-state index is 0.219. The standard InChI is InChI=1S/C18H20N2O6S/c1-9-10(2)27-17(14(9)16(22)20-18(23)26-5)19-15(21)11-6-7-12(24-3)13(8-11)25-4/h6-8H,1-5H3,(H,19,21)(H,20,22,23). The van der Waals surface area contributed by atoms with E-state index < -0.39 is 17.9 Å². The number of aryl methyl sites for hydroxylation is 1. The molecule has 2 rings (SSSR count). The quantitative estimate of drug-likeness (QED) is 0.810. The van der Waals surface area contributed by atoms with Crippen LogP contribution in [0.5, 0.6) is 11.5 Å². The van der Waals surface area contributed by atoms with E-state index in [9.17, 15) is 14.4 Å². The highest BCUT2D eigenvalue weighted by molar-refractivity contribution is 7.16. The Bertz CT molecular complexity index is 890. The fourth-order valence-electron chi connectivity index (χ4n) is 2.35. The van der Waals surface area contributed by atoms with Crippen molar-refractivity contribution in [2.24, 2.45) is 0 Å². The van der Waals surface area contributed by atoms with Gasteiger partial charge >= 0.3 is 6.09 Å². The number of hydrogen-bond donors (Lipinski definition) is 2. The monoisotopic (exact) mass is 392 g/mol. The van der Waals surface area contributed by atoms with Crippen molar-refractivity contribution in [2.75, 3.05) is 26.6 Å². The summed E-state index contributed by atoms with van der Waals surface area (Å²) in [7, 11) is 4.13. The first-order chi connectivity index (χ1) is 12.8. The van der Waals surface area contributed by atoms with Crippen molar-refractivity contribution in [1.29, 1.82) is 0 Å². The molecule has 8 nitrogen and oxygen atoms in total. The van der Waals surface area contributed by atoms with Gasteiger partial charge in [-0.3, -0.25) is 14.9 Å². The van der Waals surface area contributed by atoms with Gasteiger partial charge < -0.3 is 19.5 Å². The summed E-state index contributed by atoms with van der Waals surface area (Å²) in [4.78, 5) is 37.2. The van der Waals surface area contributed by atoms with E-state index in [1.807, 2.05) is 6.92 Å². The molecule has 3 amide bonds. The Hall–Kier alpha value is -3.07. The number of carbonyl (C=O) groups is 3. The molecule has 2 aromatic rings. The van der Waals surface area contributed by atoms with Gasteiger partial charge in [0.1, 0.15) is 5.00 Å². The number of ether oxygens (including phenoxy) is 3. The van der Waals surface area contributed by atoms with Gasteiger partial charge in [-0.2, -0.15) is 0 Å². The Morgan fingerprint density at radius 2 is 1.63 bits per heavy atom. The maximum absolute atomic E-state index is 12.6. The number of rotatable bonds is 5. The molecule has 0 fully saturated rings. The van der Waals surface area contributed by atoms with Crippen LogP contribution in [0.4, 0.5) is 9.80 Å². The lowest BCUT2D eigenvalue weighted by Crippen LogP contribution is -2.31. The van der Waals surface area contributed by atoms with Crippen LogP contribution < -0.4 is 20.1 Å². The van der Waals surface area contributed by atoms with E-state index in [1.54, 1.807) is 19.1 Å². The van der Waals surface area contributed by atoms with Crippen LogP contribution in [-0.4, -0.2) is 39.2 Å². The number of benzene rings is 1. The third-order valence-electron chi connectivity index (χ3n) is 3.89. The first-order valence-electron chi connectivity index (χ1n) is 7.85. The van der Waals surface area contributed by atoms with Gasteiger partial charge in [-0.1, -0.05) is 0 Å². The average Bonchev–Trinajstić information content (AvgIpc) is 2.94. The van der Waals surface area contributed by atoms with Gasteiger partial charge in [0.25, 0.3) is 11.8 Å². The lowest BCUT2D eigenvalue weighted by molar-refractivity contribution is 0.0937. The predicted molar refractivity (Wildman–Crippen MR) is 101 cm³/mol. The average molecular weight is 392 g/mol. The normalized spacial score (nSPS) is 10.1. The summed E-state index contributed by atoms with van der Waals surface area (Å²) < 4.78 is 14.8. The molecule has 0 atom stereocenters. The Labute approximate surface area is 160 Å². The van der Waals surface area contributed by atoms with Gasteiger partial charge in [-0.15, -0.1) is 11.3 Å². The molecule has 0 aliphatic rings. The van der Waals surface area contributed by atoms with Gasteiger partial charge in [0.2, 0.25) is 0 Å². The van der Waals surface area contributed by atoms with Gasteiger partial charge in [0.05, 0.1) is 26.9 Å². The van der Waals surface area contributed by atoms with Crippen LogP contribution in [0.15, 0.2) is 18.2 Å². The number of hydrogen-bond acceptors (Lipinski definition) is 7. The van der Waals surface area contributed by atoms with Crippen molar-refractivity contribution < 1.29 is 28.6 Å². The Kier molecular flexibility index (Phi) is 6.40. The fourth-order valence-corrected chi connectivity index (χ4v) is 3.40. The van der Waals surface area contributed by atoms with E-state index in [-0.39, 0.29) is 5.56 Å². The molecule has 27 heavy (non-hydrogen) atoms. The number of carbonyl (C=O) groups excluding carboxylic acids is 3. The Morgan fingerprint density at radius 1 is 0.963 bits per heavy atom. The molecule has 1 heterocycles. The summed E-state index contributed by atoms with van der Waals surface area (Å²) in [6, 6.07) is 4.73. The largest absolute Gasteiger partial charge is 0.493 e. The lowest BCUT2D eigenvalue weighted by atomic mass is 10.1. The van der Waals surface area contributed by atoms with Crippen molar-refractivity contribution in [3.8, 4) is 11.5 Å². The first-order valence-corrected chi connectivity index (χ1v) is 8.66. The SMILES string of the molecule is COC(=O)NC(=O)c1c(NC(=O)c2ccc(OC)c(OC)c2)sc(C)c1C. The van der Waals surface area contributed by atoms with Crippen LogP contribution in [0, 0.1) is 13.8 Å². The molecule has 0 spiro atoms. The predicted octanol–water partition coefficient (Wildman–Crippen LogP) is 3.13. The number of amides is 3. The molecular formula is C18H20N2O6S. The highest BCUT2D eigenvalue weighted by atomic mass is 32.1. The molecular weight excluding hydrogens is 372 g/mol. The zero-order valence-electron chi connectivity index (χ0n) is 15.6. The van der Waals surface area contributed by atoms with E-state index in [0.717, 1.165) is 12.0 Å². The summed E-state index contributed by atoms with van der Waals surface area (Å²) in [5, 5.41) is 5.16. The van der Waals surface area contributed by atoms with Crippen molar-refractivity contribution in [3.05, 3.63) is 39.8 Å². The van der Waals surface area contributed by atoms with Crippen molar-refractivity contribution in [1.82, 2.24) is 5.32 Å². The minimum Gasteiger partial charge on any atom is -0.493 e. The van der Waals surface area contributed by atoms with Crippen LogP contribution >= 0.6 is 11.3 Å². The van der Waals surface area contributed by atoms with Gasteiger partial charge in [0.15, 0.2) is 11.5 Å². The van der Waals surface area contributed by atoms with E-state index in [1.165, 1.54) is 31.6 Å². The maximum atomic E-state index is 12.6. The van der Waals surface area contributed by atoms with Crippen LogP contribution in [0.1, 0.15) is 31.2 Å². The molecule has 0 radical (unpaired) electrons. The van der Waals surface area contributed by atoms with E-state index in [2.05, 4.69) is 15.4 Å². The molecule has 0 bridgehead atoms. The number of imide groups is 1. The maximum Gasteiger partial charge on any atom is 0.413 e. The topological polar surface area (TPSA) is 103 Å². The molecule has 0 saturated carbocycles. The highest BCUT2D eigenvalue weighted by Crippen LogP contribution is 2.33. The van der Waals surface area contributed by atoms with Crippen LogP contribution in [0.25, 0.3) is 0 Å². The number of thiophene rings is 1. The second-order valence-electron chi connectivity index (χ2n) is 5.46. The lowest BCUT2D eigenvalue weighted by Gasteiger charge is -2.10. The van der Waals surface area contributed by atoms with Gasteiger partial charge in [-0.25, -0.2) is 4.79 Å². The van der Waals surface area contributed by atoms with Crippen molar-refractivity contribution >= 4 is 34.2 Å². The molecule has 0 aliphatic heterocycles. The van der Waals surface area contributed by atoms with Crippen LogP contribution in [-0.2, 0) is 4.74 Å². The summed E-state index contributed by atoms with van der Waals surface area (Å²) in [5.41, 5.74) is 1.22. The second-order valence-corrected chi connectivity index (χ2v) is 6.68. The Morgan fingerprint density at radius 3 is 2.22 bits per heavy atom. The summed E-state index contributed by atoms with van der Waals surface area (Å²) in [6.45, 7) is 3.56. The molecule has 0 saturated heterocycles. The number of anilines is 1. The molecule has 0 aliphatic carbocycles. The van der Waals surface area contributed by atoms with E-state index in [0.29, 0.717) is 27.6 Å². The number of nitrogens with one attached hydrogen (secondary N) is 2. The highest BCUT2D eigenvalue weighted by Gasteiger charge is 2.23. The number of alkyl carbamates (subject to hydrolysis) is 1. The second kappa shape index (κ2) is 8.54. The Balaban J connectivity index is 2.32. The molecule has 9 heteroatoms. The molecule has 144 valence electrons. The molecule has 1 aromatic heterocycles. The van der Waals surface area contributed by atoms with Crippen LogP contribution in [0.3, 0.4) is 0 Å². The molecule has 1 aromatic carbocycles. The summed E-state index contributed by atoms with van der Waals surface area (Å²) >= 11 is 1.24. The van der Waals surface area contributed by atoms with Gasteiger partial charge in [-0.05, 0) is 37.6 Å². The van der Waals surface area contributed by atoms with Crippen molar-refractivity contribution in [3.63, 3.8) is 0 Å². The fraction of sp³-hybridized carbons (Fsp3) is 0.278. The minimum atomic E-state index is -0.875. The summed E-state index contributed by atoms with van der Waals surface area (Å²) in [5.74, 6) is -0.169. The third kappa shape index (κ3) is 4.37. The molecule has 0 unspecified atom stereocenters. The summed E-state index contributed by atoms with van der Waals surface area (Å²) in [6.07, 6.45) is -0.875. The number of methoxy groups -OCH3 is 3.